The van der Waals surface area contributed by atoms with E-state index in [4.69, 9.17) is 10.9 Å². The van der Waals surface area contributed by atoms with Gasteiger partial charge in [0.1, 0.15) is 10.5 Å². The molecular weight excluding hydrogens is 258 g/mol. The lowest BCUT2D eigenvalue weighted by molar-refractivity contribution is 0.318. The summed E-state index contributed by atoms with van der Waals surface area (Å²) in [5.41, 5.74) is 8.66. The molecular formula is C9H9N5OS2. The smallest absolute Gasteiger partial charge is 0.180 e. The average Bonchev–Trinajstić information content (AvgIpc) is 2.81. The van der Waals surface area contributed by atoms with E-state index in [1.54, 1.807) is 17.6 Å². The number of aromatic nitrogens is 3. The molecule has 0 amide bonds. The number of amidine groups is 1. The van der Waals surface area contributed by atoms with Gasteiger partial charge in [-0.15, -0.1) is 10.2 Å². The third kappa shape index (κ3) is 2.71. The van der Waals surface area contributed by atoms with Crippen LogP contribution >= 0.6 is 23.1 Å². The van der Waals surface area contributed by atoms with Crippen LogP contribution in [-0.2, 0) is 0 Å². The van der Waals surface area contributed by atoms with Gasteiger partial charge in [-0.1, -0.05) is 16.5 Å². The van der Waals surface area contributed by atoms with Crippen LogP contribution in [-0.4, -0.2) is 26.2 Å². The predicted octanol–water partition coefficient (Wildman–Crippen LogP) is 1.49. The Hall–Kier alpha value is -1.67. The summed E-state index contributed by atoms with van der Waals surface area (Å²) in [4.78, 5) is 4.35. The van der Waals surface area contributed by atoms with Crippen LogP contribution in [0.2, 0.25) is 0 Å². The van der Waals surface area contributed by atoms with Crippen LogP contribution in [0.1, 0.15) is 11.3 Å². The summed E-state index contributed by atoms with van der Waals surface area (Å²) in [6, 6.07) is 3.57. The molecule has 0 atom stereocenters. The minimum Gasteiger partial charge on any atom is -0.409 e. The fraction of sp³-hybridized carbons (Fsp3) is 0.111. The van der Waals surface area contributed by atoms with Crippen molar-refractivity contribution in [1.82, 2.24) is 15.2 Å². The van der Waals surface area contributed by atoms with E-state index >= 15 is 0 Å². The van der Waals surface area contributed by atoms with Gasteiger partial charge in [0.25, 0.3) is 0 Å². The van der Waals surface area contributed by atoms with E-state index in [9.17, 15) is 0 Å². The van der Waals surface area contributed by atoms with Crippen LogP contribution in [0.25, 0.3) is 0 Å². The highest BCUT2D eigenvalue weighted by molar-refractivity contribution is 8.01. The van der Waals surface area contributed by atoms with Crippen LogP contribution < -0.4 is 5.73 Å². The van der Waals surface area contributed by atoms with Crippen LogP contribution in [0.5, 0.6) is 0 Å². The Balaban J connectivity index is 2.40. The third-order valence-electron chi connectivity index (χ3n) is 1.91. The zero-order valence-electron chi connectivity index (χ0n) is 8.86. The number of oxime groups is 1. The second kappa shape index (κ2) is 5.11. The first kappa shape index (κ1) is 11.8. The number of hydrogen-bond acceptors (Lipinski definition) is 7. The summed E-state index contributed by atoms with van der Waals surface area (Å²) in [6.45, 7) is 1.88. The largest absolute Gasteiger partial charge is 0.409 e. The van der Waals surface area contributed by atoms with Crippen LogP contribution in [0.3, 0.4) is 0 Å². The van der Waals surface area contributed by atoms with Crippen LogP contribution in [0.15, 0.2) is 32.2 Å². The summed E-state index contributed by atoms with van der Waals surface area (Å²) >= 11 is 2.75. The first-order valence-electron chi connectivity index (χ1n) is 4.60. The van der Waals surface area contributed by atoms with Gasteiger partial charge in [0.2, 0.25) is 0 Å². The summed E-state index contributed by atoms with van der Waals surface area (Å²) in [7, 11) is 0. The molecule has 0 aromatic carbocycles. The maximum Gasteiger partial charge on any atom is 0.180 e. The van der Waals surface area contributed by atoms with Gasteiger partial charge in [-0.25, -0.2) is 4.98 Å². The number of hydrogen-bond donors (Lipinski definition) is 2. The standard InChI is InChI=1S/C9H9N5OS2/c1-5-2-3-6(7(10)14-15)8(12-5)17-9-13-11-4-16-9/h2-4,15H,1H3,(H2,10,14). The van der Waals surface area contributed by atoms with Gasteiger partial charge in [-0.05, 0) is 30.8 Å². The van der Waals surface area contributed by atoms with Crippen molar-refractivity contribution < 1.29 is 5.21 Å². The molecule has 0 radical (unpaired) electrons. The monoisotopic (exact) mass is 267 g/mol. The molecule has 8 heteroatoms. The van der Waals surface area contributed by atoms with Gasteiger partial charge in [0, 0.05) is 5.69 Å². The van der Waals surface area contributed by atoms with E-state index in [1.165, 1.54) is 23.1 Å². The van der Waals surface area contributed by atoms with E-state index in [0.29, 0.717) is 10.6 Å². The van der Waals surface area contributed by atoms with Crippen LogP contribution in [0, 0.1) is 6.92 Å². The molecule has 17 heavy (non-hydrogen) atoms. The Morgan fingerprint density at radius 2 is 2.35 bits per heavy atom. The van der Waals surface area contributed by atoms with Crippen molar-refractivity contribution in [3.8, 4) is 0 Å². The van der Waals surface area contributed by atoms with Crippen molar-refractivity contribution in [3.05, 3.63) is 28.9 Å². The van der Waals surface area contributed by atoms with Gasteiger partial charge in [0.05, 0.1) is 5.56 Å². The SMILES string of the molecule is Cc1ccc(C(N)=NO)c(Sc2nncs2)n1. The lowest BCUT2D eigenvalue weighted by atomic mass is 10.2. The number of nitrogens with two attached hydrogens (primary N) is 1. The Labute approximate surface area is 106 Å². The molecule has 0 saturated carbocycles. The molecule has 6 nitrogen and oxygen atoms in total. The zero-order chi connectivity index (χ0) is 12.3. The molecule has 2 aromatic rings. The lowest BCUT2D eigenvalue weighted by Crippen LogP contribution is -2.15. The number of nitrogens with zero attached hydrogens (tertiary/aromatic N) is 4. The Kier molecular flexibility index (Phi) is 3.55. The molecule has 0 unspecified atom stereocenters. The van der Waals surface area contributed by atoms with Gasteiger partial charge < -0.3 is 10.9 Å². The maximum atomic E-state index is 8.71. The summed E-state index contributed by atoms with van der Waals surface area (Å²) in [5, 5.41) is 20.0. The Morgan fingerprint density at radius 1 is 1.53 bits per heavy atom. The molecule has 0 spiro atoms. The first-order valence-corrected chi connectivity index (χ1v) is 6.30. The summed E-state index contributed by atoms with van der Waals surface area (Å²) in [5.74, 6) is 0.0320. The summed E-state index contributed by atoms with van der Waals surface area (Å²) in [6.07, 6.45) is 0. The first-order chi connectivity index (χ1) is 8.20. The fourth-order valence-electron chi connectivity index (χ4n) is 1.15. The van der Waals surface area contributed by atoms with Crippen molar-refractivity contribution in [1.29, 1.82) is 0 Å². The van der Waals surface area contributed by atoms with Crippen molar-refractivity contribution >= 4 is 28.9 Å². The number of aryl methyl sites for hydroxylation is 1. The molecule has 0 aliphatic rings. The number of rotatable bonds is 3. The fourth-order valence-corrected chi connectivity index (χ4v) is 2.71. The second-order valence-corrected chi connectivity index (χ2v) is 5.17. The maximum absolute atomic E-state index is 8.71. The molecule has 2 heterocycles. The van der Waals surface area contributed by atoms with Gasteiger partial charge in [-0.3, -0.25) is 0 Å². The Morgan fingerprint density at radius 3 is 3.00 bits per heavy atom. The van der Waals surface area contributed by atoms with Crippen molar-refractivity contribution in [2.75, 3.05) is 0 Å². The van der Waals surface area contributed by atoms with Crippen molar-refractivity contribution in [3.63, 3.8) is 0 Å². The van der Waals surface area contributed by atoms with E-state index in [1.807, 2.05) is 6.92 Å². The van der Waals surface area contributed by atoms with E-state index in [-0.39, 0.29) is 5.84 Å². The van der Waals surface area contributed by atoms with E-state index in [2.05, 4.69) is 20.3 Å². The number of pyridine rings is 1. The highest BCUT2D eigenvalue weighted by Gasteiger charge is 2.12. The molecule has 0 bridgehead atoms. The highest BCUT2D eigenvalue weighted by atomic mass is 32.2. The third-order valence-corrected chi connectivity index (χ3v) is 3.69. The molecule has 3 N–H and O–H groups in total. The minimum absolute atomic E-state index is 0.0320. The molecule has 0 aliphatic heterocycles. The highest BCUT2D eigenvalue weighted by Crippen LogP contribution is 2.29. The molecule has 2 rings (SSSR count). The predicted molar refractivity (Wildman–Crippen MR) is 65.5 cm³/mol. The Bertz CT molecular complexity index is 540. The molecule has 88 valence electrons. The van der Waals surface area contributed by atoms with E-state index < -0.39 is 0 Å². The second-order valence-electron chi connectivity index (χ2n) is 3.10. The molecule has 0 fully saturated rings. The molecule has 0 aliphatic carbocycles. The van der Waals surface area contributed by atoms with Crippen molar-refractivity contribution in [2.24, 2.45) is 10.9 Å². The molecule has 2 aromatic heterocycles. The minimum atomic E-state index is 0.0320. The molecule has 0 saturated heterocycles. The quantitative estimate of drug-likeness (QED) is 0.378. The average molecular weight is 267 g/mol. The van der Waals surface area contributed by atoms with Gasteiger partial charge in [-0.2, -0.15) is 0 Å². The zero-order valence-corrected chi connectivity index (χ0v) is 10.5. The van der Waals surface area contributed by atoms with Gasteiger partial charge in [0.15, 0.2) is 10.2 Å². The van der Waals surface area contributed by atoms with Crippen LogP contribution in [0.4, 0.5) is 0 Å². The normalized spacial score (nSPS) is 11.7. The van der Waals surface area contributed by atoms with Gasteiger partial charge >= 0.3 is 0 Å². The topological polar surface area (TPSA) is 97.3 Å². The lowest BCUT2D eigenvalue weighted by Gasteiger charge is -2.05. The van der Waals surface area contributed by atoms with Crippen molar-refractivity contribution in [2.45, 2.75) is 16.3 Å². The summed E-state index contributed by atoms with van der Waals surface area (Å²) < 4.78 is 0.759. The van der Waals surface area contributed by atoms with E-state index in [0.717, 1.165) is 10.0 Å².